The molecule has 1 fully saturated rings. The lowest BCUT2D eigenvalue weighted by Crippen LogP contribution is -2.30. The number of carboxylic acid groups (broad SMARTS) is 1. The molecule has 1 saturated carbocycles. The first-order valence-electron chi connectivity index (χ1n) is 5.63. The monoisotopic (exact) mass is 211 g/mol. The second kappa shape index (κ2) is 5.31. The molecule has 0 spiro atoms. The molecule has 3 heteroatoms. The lowest BCUT2D eigenvalue weighted by molar-refractivity contribution is -0.131. The minimum Gasteiger partial charge on any atom is -0.478 e. The number of hydrogen-bond acceptors (Lipinski definition) is 2. The average molecular weight is 211 g/mol. The maximum Gasteiger partial charge on any atom is 0.328 e. The molecule has 1 aliphatic carbocycles. The third-order valence-electron chi connectivity index (χ3n) is 3.14. The van der Waals surface area contributed by atoms with Crippen LogP contribution in [-0.2, 0) is 4.79 Å². The second-order valence-electron chi connectivity index (χ2n) is 4.95. The van der Waals surface area contributed by atoms with Gasteiger partial charge in [-0.1, -0.05) is 25.3 Å². The van der Waals surface area contributed by atoms with Crippen molar-refractivity contribution in [2.24, 2.45) is 5.41 Å². The van der Waals surface area contributed by atoms with Crippen molar-refractivity contribution < 1.29 is 9.90 Å². The van der Waals surface area contributed by atoms with Gasteiger partial charge in [-0.15, -0.1) is 0 Å². The number of aliphatic carboxylic acids is 1. The van der Waals surface area contributed by atoms with Crippen molar-refractivity contribution in [2.45, 2.75) is 39.5 Å². The Balaban J connectivity index is 2.23. The van der Waals surface area contributed by atoms with Crippen LogP contribution in [0.5, 0.6) is 0 Å². The Morgan fingerprint density at radius 3 is 2.60 bits per heavy atom. The van der Waals surface area contributed by atoms with Crippen molar-refractivity contribution >= 4 is 5.97 Å². The fourth-order valence-corrected chi connectivity index (χ4v) is 2.23. The Bertz CT molecular complexity index is 252. The normalized spacial score (nSPS) is 20.5. The smallest absolute Gasteiger partial charge is 0.328 e. The van der Waals surface area contributed by atoms with Crippen molar-refractivity contribution in [3.63, 3.8) is 0 Å². The van der Waals surface area contributed by atoms with Crippen LogP contribution in [0.25, 0.3) is 0 Å². The van der Waals surface area contributed by atoms with E-state index in [1.54, 1.807) is 0 Å². The van der Waals surface area contributed by atoms with Gasteiger partial charge in [0.2, 0.25) is 0 Å². The van der Waals surface area contributed by atoms with Gasteiger partial charge in [0.05, 0.1) is 0 Å². The standard InChI is InChI=1S/C12H21NO2/c1-10(7-11(14)15)8-13-9-12(2)5-3-4-6-12/h7,13H,3-6,8-9H2,1-2H3,(H,14,15). The summed E-state index contributed by atoms with van der Waals surface area (Å²) in [5, 5.41) is 11.9. The molecule has 0 bridgehead atoms. The van der Waals surface area contributed by atoms with Gasteiger partial charge in [0, 0.05) is 19.2 Å². The largest absolute Gasteiger partial charge is 0.478 e. The van der Waals surface area contributed by atoms with Gasteiger partial charge >= 0.3 is 5.97 Å². The van der Waals surface area contributed by atoms with Crippen molar-refractivity contribution in [2.75, 3.05) is 13.1 Å². The van der Waals surface area contributed by atoms with Crippen molar-refractivity contribution in [1.29, 1.82) is 0 Å². The molecule has 0 unspecified atom stereocenters. The van der Waals surface area contributed by atoms with E-state index in [1.165, 1.54) is 31.8 Å². The molecule has 15 heavy (non-hydrogen) atoms. The molecule has 0 radical (unpaired) electrons. The van der Waals surface area contributed by atoms with Crippen LogP contribution >= 0.6 is 0 Å². The van der Waals surface area contributed by atoms with E-state index in [-0.39, 0.29) is 0 Å². The van der Waals surface area contributed by atoms with Crippen molar-refractivity contribution in [1.82, 2.24) is 5.32 Å². The molecule has 0 aromatic heterocycles. The van der Waals surface area contributed by atoms with Gasteiger partial charge in [0.1, 0.15) is 0 Å². The molecule has 0 amide bonds. The maximum absolute atomic E-state index is 10.4. The molecule has 3 nitrogen and oxygen atoms in total. The Morgan fingerprint density at radius 2 is 2.07 bits per heavy atom. The van der Waals surface area contributed by atoms with E-state index >= 15 is 0 Å². The molecule has 1 aliphatic rings. The highest BCUT2D eigenvalue weighted by atomic mass is 16.4. The first-order chi connectivity index (χ1) is 7.02. The van der Waals surface area contributed by atoms with E-state index in [0.717, 1.165) is 12.1 Å². The van der Waals surface area contributed by atoms with Gasteiger partial charge in [-0.2, -0.15) is 0 Å². The van der Waals surface area contributed by atoms with Crippen LogP contribution in [0, 0.1) is 5.41 Å². The third kappa shape index (κ3) is 4.47. The Labute approximate surface area is 91.6 Å². The van der Waals surface area contributed by atoms with Crippen LogP contribution < -0.4 is 5.32 Å². The summed E-state index contributed by atoms with van der Waals surface area (Å²) in [4.78, 5) is 10.4. The number of hydrogen-bond donors (Lipinski definition) is 2. The van der Waals surface area contributed by atoms with Crippen LogP contribution in [0.1, 0.15) is 39.5 Å². The molecule has 0 aromatic carbocycles. The second-order valence-corrected chi connectivity index (χ2v) is 4.95. The molecule has 1 rings (SSSR count). The molecular weight excluding hydrogens is 190 g/mol. The Morgan fingerprint density at radius 1 is 1.47 bits per heavy atom. The summed E-state index contributed by atoms with van der Waals surface area (Å²) in [7, 11) is 0. The van der Waals surface area contributed by atoms with Gasteiger partial charge in [-0.05, 0) is 25.2 Å². The molecule has 0 aromatic rings. The molecule has 0 aliphatic heterocycles. The average Bonchev–Trinajstić information content (AvgIpc) is 2.51. The zero-order chi connectivity index (χ0) is 11.3. The SMILES string of the molecule is CC(=CC(=O)O)CNCC1(C)CCCC1. The van der Waals surface area contributed by atoms with E-state index in [9.17, 15) is 4.79 Å². The summed E-state index contributed by atoms with van der Waals surface area (Å²) < 4.78 is 0. The highest BCUT2D eigenvalue weighted by molar-refractivity contribution is 5.80. The topological polar surface area (TPSA) is 49.3 Å². The number of rotatable bonds is 5. The summed E-state index contributed by atoms with van der Waals surface area (Å²) in [6, 6.07) is 0. The molecule has 0 heterocycles. The van der Waals surface area contributed by atoms with Crippen LogP contribution in [-0.4, -0.2) is 24.2 Å². The minimum absolute atomic E-state index is 0.434. The number of carbonyl (C=O) groups is 1. The van der Waals surface area contributed by atoms with Crippen LogP contribution in [0.15, 0.2) is 11.6 Å². The summed E-state index contributed by atoms with van der Waals surface area (Å²) >= 11 is 0. The van der Waals surface area contributed by atoms with Crippen molar-refractivity contribution in [3.8, 4) is 0 Å². The summed E-state index contributed by atoms with van der Waals surface area (Å²) in [6.45, 7) is 5.83. The summed E-state index contributed by atoms with van der Waals surface area (Å²) in [5.41, 5.74) is 1.31. The highest BCUT2D eigenvalue weighted by Crippen LogP contribution is 2.36. The van der Waals surface area contributed by atoms with Crippen LogP contribution in [0.2, 0.25) is 0 Å². The quantitative estimate of drug-likeness (QED) is 0.685. The van der Waals surface area contributed by atoms with Gasteiger partial charge < -0.3 is 10.4 Å². The minimum atomic E-state index is -0.860. The predicted octanol–water partition coefficient (Wildman–Crippen LogP) is 2.19. The first-order valence-corrected chi connectivity index (χ1v) is 5.63. The van der Waals surface area contributed by atoms with Gasteiger partial charge in [0.25, 0.3) is 0 Å². The molecule has 0 atom stereocenters. The van der Waals surface area contributed by atoms with E-state index in [0.29, 0.717) is 12.0 Å². The van der Waals surface area contributed by atoms with Gasteiger partial charge in [-0.3, -0.25) is 0 Å². The fraction of sp³-hybridized carbons (Fsp3) is 0.750. The highest BCUT2D eigenvalue weighted by Gasteiger charge is 2.27. The van der Waals surface area contributed by atoms with Crippen LogP contribution in [0.4, 0.5) is 0 Å². The zero-order valence-corrected chi connectivity index (χ0v) is 9.68. The fourth-order valence-electron chi connectivity index (χ4n) is 2.23. The summed E-state index contributed by atoms with van der Waals surface area (Å²) in [6.07, 6.45) is 6.53. The Hall–Kier alpha value is -0.830. The molecular formula is C12H21NO2. The first kappa shape index (κ1) is 12.2. The van der Waals surface area contributed by atoms with E-state index in [2.05, 4.69) is 12.2 Å². The molecule has 2 N–H and O–H groups in total. The molecule has 0 saturated heterocycles. The number of carboxylic acids is 1. The lowest BCUT2D eigenvalue weighted by atomic mass is 9.89. The summed E-state index contributed by atoms with van der Waals surface area (Å²) in [5.74, 6) is -0.860. The van der Waals surface area contributed by atoms with E-state index in [1.807, 2.05) is 6.92 Å². The third-order valence-corrected chi connectivity index (χ3v) is 3.14. The number of nitrogens with one attached hydrogen (secondary N) is 1. The van der Waals surface area contributed by atoms with Crippen molar-refractivity contribution in [3.05, 3.63) is 11.6 Å². The van der Waals surface area contributed by atoms with E-state index < -0.39 is 5.97 Å². The maximum atomic E-state index is 10.4. The zero-order valence-electron chi connectivity index (χ0n) is 9.68. The van der Waals surface area contributed by atoms with E-state index in [4.69, 9.17) is 5.11 Å². The molecule has 86 valence electrons. The predicted molar refractivity (Wildman–Crippen MR) is 60.8 cm³/mol. The van der Waals surface area contributed by atoms with Crippen LogP contribution in [0.3, 0.4) is 0 Å². The van der Waals surface area contributed by atoms with Gasteiger partial charge in [0.15, 0.2) is 0 Å². The Kier molecular flexibility index (Phi) is 4.33. The van der Waals surface area contributed by atoms with Gasteiger partial charge in [-0.25, -0.2) is 4.79 Å². The lowest BCUT2D eigenvalue weighted by Gasteiger charge is -2.23.